The van der Waals surface area contributed by atoms with E-state index in [0.29, 0.717) is 6.79 Å². The quantitative estimate of drug-likeness (QED) is 0.437. The first-order chi connectivity index (χ1) is 8.83. The Kier molecular flexibility index (Phi) is 5.11. The zero-order chi connectivity index (χ0) is 12.8. The summed E-state index contributed by atoms with van der Waals surface area (Å²) in [5, 5.41) is 0. The molecule has 0 saturated carbocycles. The summed E-state index contributed by atoms with van der Waals surface area (Å²) in [6.07, 6.45) is 8.72. The first kappa shape index (κ1) is 13.5. The molecule has 0 atom stereocenters. The Bertz CT molecular complexity index is 464. The van der Waals surface area contributed by atoms with Crippen LogP contribution in [0, 0.1) is 0 Å². The summed E-state index contributed by atoms with van der Waals surface area (Å²) >= 11 is 2.41. The molecule has 0 unspecified atom stereocenters. The Morgan fingerprint density at radius 1 is 1.33 bits per heavy atom. The number of allylic oxidation sites excluding steroid dienone is 3. The highest BCUT2D eigenvalue weighted by molar-refractivity contribution is 14.1. The fourth-order valence-corrected chi connectivity index (χ4v) is 2.50. The van der Waals surface area contributed by atoms with Gasteiger partial charge in [-0.2, -0.15) is 0 Å². The Morgan fingerprint density at radius 2 is 2.17 bits per heavy atom. The number of ether oxygens (including phenoxy) is 2. The molecular formula is C15H17IO2. The minimum absolute atomic E-state index is 0.331. The molecule has 1 aromatic carbocycles. The largest absolute Gasteiger partial charge is 0.454 e. The van der Waals surface area contributed by atoms with Gasteiger partial charge in [-0.05, 0) is 30.5 Å². The van der Waals surface area contributed by atoms with Crippen LogP contribution in [0.5, 0.6) is 11.5 Å². The van der Waals surface area contributed by atoms with E-state index in [0.717, 1.165) is 23.5 Å². The maximum absolute atomic E-state index is 5.35. The molecule has 2 rings (SSSR count). The van der Waals surface area contributed by atoms with Crippen LogP contribution in [-0.4, -0.2) is 11.2 Å². The molecule has 0 aromatic heterocycles. The van der Waals surface area contributed by atoms with Crippen molar-refractivity contribution in [2.75, 3.05) is 11.2 Å². The smallest absolute Gasteiger partial charge is 0.231 e. The SMILES string of the molecule is CC/C(=C\C=C\c1ccc2c(c1)OCO2)CCI. The molecule has 96 valence electrons. The second kappa shape index (κ2) is 6.83. The van der Waals surface area contributed by atoms with Gasteiger partial charge in [0.05, 0.1) is 0 Å². The van der Waals surface area contributed by atoms with Crippen molar-refractivity contribution in [2.24, 2.45) is 0 Å². The lowest BCUT2D eigenvalue weighted by Crippen LogP contribution is -1.92. The fraction of sp³-hybridized carbons (Fsp3) is 0.333. The lowest BCUT2D eigenvalue weighted by molar-refractivity contribution is 0.174. The van der Waals surface area contributed by atoms with E-state index in [1.807, 2.05) is 18.2 Å². The van der Waals surface area contributed by atoms with Gasteiger partial charge >= 0.3 is 0 Å². The van der Waals surface area contributed by atoms with E-state index in [1.54, 1.807) is 0 Å². The summed E-state index contributed by atoms with van der Waals surface area (Å²) in [7, 11) is 0. The monoisotopic (exact) mass is 356 g/mol. The normalized spacial score (nSPS) is 14.4. The average Bonchev–Trinajstić information content (AvgIpc) is 2.85. The van der Waals surface area contributed by atoms with Crippen LogP contribution in [0.1, 0.15) is 25.3 Å². The summed E-state index contributed by atoms with van der Waals surface area (Å²) in [6, 6.07) is 6.01. The summed E-state index contributed by atoms with van der Waals surface area (Å²) in [5.41, 5.74) is 2.63. The van der Waals surface area contributed by atoms with Gasteiger partial charge in [-0.15, -0.1) is 0 Å². The van der Waals surface area contributed by atoms with Gasteiger partial charge in [-0.25, -0.2) is 0 Å². The first-order valence-electron chi connectivity index (χ1n) is 6.15. The van der Waals surface area contributed by atoms with Gasteiger partial charge in [-0.1, -0.05) is 59.4 Å². The summed E-state index contributed by atoms with van der Waals surface area (Å²) in [6.45, 7) is 2.53. The third-order valence-corrected chi connectivity index (χ3v) is 3.43. The molecule has 1 heterocycles. The molecule has 0 bridgehead atoms. The molecule has 0 fully saturated rings. The van der Waals surface area contributed by atoms with Crippen LogP contribution in [0.15, 0.2) is 35.9 Å². The highest BCUT2D eigenvalue weighted by Crippen LogP contribution is 2.32. The molecule has 0 radical (unpaired) electrons. The molecule has 18 heavy (non-hydrogen) atoms. The Labute approximate surface area is 122 Å². The second-order valence-electron chi connectivity index (χ2n) is 4.09. The van der Waals surface area contributed by atoms with E-state index in [1.165, 1.54) is 16.4 Å². The molecule has 2 nitrogen and oxygen atoms in total. The van der Waals surface area contributed by atoms with E-state index in [4.69, 9.17) is 9.47 Å². The van der Waals surface area contributed by atoms with Crippen molar-refractivity contribution in [1.82, 2.24) is 0 Å². The molecule has 1 aliphatic heterocycles. The van der Waals surface area contributed by atoms with Gasteiger partial charge in [0.15, 0.2) is 11.5 Å². The third kappa shape index (κ3) is 3.51. The molecular weight excluding hydrogens is 339 g/mol. The minimum Gasteiger partial charge on any atom is -0.454 e. The highest BCUT2D eigenvalue weighted by atomic mass is 127. The number of halogens is 1. The Hall–Kier alpha value is -0.970. The highest BCUT2D eigenvalue weighted by Gasteiger charge is 2.11. The van der Waals surface area contributed by atoms with Crippen molar-refractivity contribution in [2.45, 2.75) is 19.8 Å². The number of alkyl halides is 1. The van der Waals surface area contributed by atoms with E-state index in [-0.39, 0.29) is 0 Å². The summed E-state index contributed by atoms with van der Waals surface area (Å²) < 4.78 is 11.8. The van der Waals surface area contributed by atoms with Crippen LogP contribution < -0.4 is 9.47 Å². The molecule has 0 aliphatic carbocycles. The number of hydrogen-bond donors (Lipinski definition) is 0. The lowest BCUT2D eigenvalue weighted by Gasteiger charge is -1.99. The van der Waals surface area contributed by atoms with Crippen molar-refractivity contribution in [3.8, 4) is 11.5 Å². The number of benzene rings is 1. The molecule has 0 spiro atoms. The fourth-order valence-electron chi connectivity index (χ4n) is 1.81. The van der Waals surface area contributed by atoms with Crippen LogP contribution in [0.2, 0.25) is 0 Å². The van der Waals surface area contributed by atoms with Gasteiger partial charge in [-0.3, -0.25) is 0 Å². The number of fused-ring (bicyclic) bond motifs is 1. The van der Waals surface area contributed by atoms with Gasteiger partial charge < -0.3 is 9.47 Å². The van der Waals surface area contributed by atoms with E-state index < -0.39 is 0 Å². The van der Waals surface area contributed by atoms with Gasteiger partial charge in [0.2, 0.25) is 6.79 Å². The zero-order valence-corrected chi connectivity index (χ0v) is 12.6. The number of hydrogen-bond acceptors (Lipinski definition) is 2. The van der Waals surface area contributed by atoms with Gasteiger partial charge in [0.1, 0.15) is 0 Å². The van der Waals surface area contributed by atoms with Crippen LogP contribution in [0.4, 0.5) is 0 Å². The molecule has 1 aliphatic rings. The first-order valence-corrected chi connectivity index (χ1v) is 7.67. The molecule has 0 saturated heterocycles. The van der Waals surface area contributed by atoms with Gasteiger partial charge in [0, 0.05) is 4.43 Å². The van der Waals surface area contributed by atoms with Gasteiger partial charge in [0.25, 0.3) is 0 Å². The van der Waals surface area contributed by atoms with Crippen LogP contribution in [-0.2, 0) is 0 Å². The van der Waals surface area contributed by atoms with Crippen LogP contribution in [0.3, 0.4) is 0 Å². The molecule has 1 aromatic rings. The second-order valence-corrected chi connectivity index (χ2v) is 5.17. The number of rotatable bonds is 5. The van der Waals surface area contributed by atoms with Crippen molar-refractivity contribution in [3.63, 3.8) is 0 Å². The van der Waals surface area contributed by atoms with E-state index in [9.17, 15) is 0 Å². The van der Waals surface area contributed by atoms with Crippen LogP contribution >= 0.6 is 22.6 Å². The predicted molar refractivity (Wildman–Crippen MR) is 83.5 cm³/mol. The van der Waals surface area contributed by atoms with E-state index in [2.05, 4.69) is 47.7 Å². The van der Waals surface area contributed by atoms with Crippen molar-refractivity contribution < 1.29 is 9.47 Å². The average molecular weight is 356 g/mol. The summed E-state index contributed by atoms with van der Waals surface area (Å²) in [4.78, 5) is 0. The Balaban J connectivity index is 2.05. The summed E-state index contributed by atoms with van der Waals surface area (Å²) in [5.74, 6) is 1.67. The maximum Gasteiger partial charge on any atom is 0.231 e. The van der Waals surface area contributed by atoms with Crippen molar-refractivity contribution in [3.05, 3.63) is 41.5 Å². The molecule has 0 N–H and O–H groups in total. The van der Waals surface area contributed by atoms with E-state index >= 15 is 0 Å². The maximum atomic E-state index is 5.35. The zero-order valence-electron chi connectivity index (χ0n) is 10.5. The minimum atomic E-state index is 0.331. The van der Waals surface area contributed by atoms with Crippen molar-refractivity contribution >= 4 is 28.7 Å². The van der Waals surface area contributed by atoms with Crippen molar-refractivity contribution in [1.29, 1.82) is 0 Å². The van der Waals surface area contributed by atoms with Crippen LogP contribution in [0.25, 0.3) is 6.08 Å². The third-order valence-electron chi connectivity index (χ3n) is 2.89. The Morgan fingerprint density at radius 3 is 2.94 bits per heavy atom. The topological polar surface area (TPSA) is 18.5 Å². The molecule has 0 amide bonds. The standard InChI is InChI=1S/C15H17IO2/c1-2-12(8-9-16)4-3-5-13-6-7-14-15(10-13)18-11-17-14/h3-7,10H,2,8-9,11H2,1H3/b5-3+,12-4+. The lowest BCUT2D eigenvalue weighted by atomic mass is 10.1. The molecule has 3 heteroatoms. The predicted octanol–water partition coefficient (Wildman–Crippen LogP) is 4.59.